The fourth-order valence-corrected chi connectivity index (χ4v) is 3.66. The standard InChI is InChI=1S/C19H19IN6O2/c1-27-15-7-3-13(4-8-15)12-25-19(22-23-24-25)17-11-21-26(18(17)20)14-5-9-16(28-2)10-6-14/h3-11,23-24H,12H2,1-2H3. The van der Waals surface area contributed by atoms with Crippen LogP contribution in [-0.2, 0) is 6.54 Å². The Balaban J connectivity index is 1.56. The minimum atomic E-state index is 0.639. The van der Waals surface area contributed by atoms with E-state index in [0.717, 1.165) is 37.8 Å². The van der Waals surface area contributed by atoms with E-state index in [1.54, 1.807) is 14.2 Å². The van der Waals surface area contributed by atoms with Crippen LogP contribution in [0.3, 0.4) is 0 Å². The van der Waals surface area contributed by atoms with Gasteiger partial charge in [0.25, 0.3) is 0 Å². The van der Waals surface area contributed by atoms with Gasteiger partial charge in [-0.2, -0.15) is 5.10 Å². The van der Waals surface area contributed by atoms with E-state index in [1.165, 1.54) is 0 Å². The quantitative estimate of drug-likeness (QED) is 0.518. The molecule has 0 amide bonds. The van der Waals surface area contributed by atoms with Gasteiger partial charge in [0.2, 0.25) is 0 Å². The molecule has 0 radical (unpaired) electrons. The van der Waals surface area contributed by atoms with Crippen LogP contribution in [-0.4, -0.2) is 34.8 Å². The second-order valence-electron chi connectivity index (χ2n) is 6.05. The number of rotatable bonds is 6. The van der Waals surface area contributed by atoms with Crippen molar-refractivity contribution in [3.63, 3.8) is 0 Å². The predicted molar refractivity (Wildman–Crippen MR) is 114 cm³/mol. The molecule has 3 aromatic rings. The minimum absolute atomic E-state index is 0.639. The number of hydrogen-bond donors (Lipinski definition) is 2. The molecule has 28 heavy (non-hydrogen) atoms. The summed E-state index contributed by atoms with van der Waals surface area (Å²) >= 11 is 2.29. The van der Waals surface area contributed by atoms with Crippen molar-refractivity contribution >= 4 is 28.4 Å². The highest BCUT2D eigenvalue weighted by atomic mass is 127. The van der Waals surface area contributed by atoms with Crippen molar-refractivity contribution in [2.45, 2.75) is 6.54 Å². The molecular formula is C19H19IN6O2. The number of hydrazine groups is 2. The number of benzene rings is 2. The molecule has 1 aliphatic heterocycles. The molecule has 0 spiro atoms. The Hall–Kier alpha value is -2.79. The highest BCUT2D eigenvalue weighted by Crippen LogP contribution is 2.22. The number of ether oxygens (including phenoxy) is 2. The number of aromatic nitrogens is 2. The second-order valence-corrected chi connectivity index (χ2v) is 7.07. The van der Waals surface area contributed by atoms with Crippen LogP contribution in [0.1, 0.15) is 11.1 Å². The van der Waals surface area contributed by atoms with E-state index in [0.29, 0.717) is 6.54 Å². The summed E-state index contributed by atoms with van der Waals surface area (Å²) in [5.41, 5.74) is 8.92. The molecule has 0 aliphatic carbocycles. The number of methoxy groups -OCH3 is 2. The average molecular weight is 490 g/mol. The fourth-order valence-electron chi connectivity index (χ4n) is 2.87. The van der Waals surface area contributed by atoms with Gasteiger partial charge in [-0.05, 0) is 64.6 Å². The maximum absolute atomic E-state index is 5.23. The van der Waals surface area contributed by atoms with Gasteiger partial charge >= 0.3 is 0 Å². The van der Waals surface area contributed by atoms with E-state index >= 15 is 0 Å². The normalized spacial score (nSPS) is 13.2. The van der Waals surface area contributed by atoms with Crippen LogP contribution >= 0.6 is 22.6 Å². The van der Waals surface area contributed by atoms with E-state index in [-0.39, 0.29) is 0 Å². The van der Waals surface area contributed by atoms with Crippen LogP contribution in [0.5, 0.6) is 11.5 Å². The third-order valence-corrected chi connectivity index (χ3v) is 5.41. The molecule has 2 heterocycles. The summed E-state index contributed by atoms with van der Waals surface area (Å²) in [7, 11) is 3.31. The van der Waals surface area contributed by atoms with Gasteiger partial charge in [-0.25, -0.2) is 10.2 Å². The first kappa shape index (κ1) is 18.6. The zero-order valence-corrected chi connectivity index (χ0v) is 17.5. The second kappa shape index (κ2) is 8.07. The lowest BCUT2D eigenvalue weighted by molar-refractivity contribution is 0.288. The minimum Gasteiger partial charge on any atom is -0.497 e. The predicted octanol–water partition coefficient (Wildman–Crippen LogP) is 2.68. The van der Waals surface area contributed by atoms with Gasteiger partial charge in [-0.1, -0.05) is 12.1 Å². The monoisotopic (exact) mass is 490 g/mol. The van der Waals surface area contributed by atoms with Gasteiger partial charge in [0.1, 0.15) is 15.2 Å². The average Bonchev–Trinajstić information content (AvgIpc) is 3.34. The number of halogens is 1. The first-order chi connectivity index (χ1) is 13.7. The largest absolute Gasteiger partial charge is 0.497 e. The molecule has 4 rings (SSSR count). The molecule has 2 N–H and O–H groups in total. The number of amidine groups is 1. The summed E-state index contributed by atoms with van der Waals surface area (Å²) in [5, 5.41) is 10.9. The van der Waals surface area contributed by atoms with Crippen LogP contribution in [0.15, 0.2) is 59.8 Å². The zero-order valence-electron chi connectivity index (χ0n) is 15.4. The maximum atomic E-state index is 5.23. The molecule has 1 aliphatic rings. The molecule has 9 heteroatoms. The van der Waals surface area contributed by atoms with Gasteiger partial charge < -0.3 is 9.47 Å². The van der Waals surface area contributed by atoms with Crippen molar-refractivity contribution in [2.24, 2.45) is 5.10 Å². The Morgan fingerprint density at radius 1 is 0.964 bits per heavy atom. The smallest absolute Gasteiger partial charge is 0.177 e. The molecule has 0 saturated heterocycles. The van der Waals surface area contributed by atoms with Gasteiger partial charge in [-0.15, -0.1) is 10.6 Å². The Labute approximate surface area is 176 Å². The molecule has 144 valence electrons. The summed E-state index contributed by atoms with van der Waals surface area (Å²) < 4.78 is 13.3. The number of hydrogen-bond acceptors (Lipinski definition) is 7. The van der Waals surface area contributed by atoms with Crippen molar-refractivity contribution in [3.05, 3.63) is 69.6 Å². The van der Waals surface area contributed by atoms with Gasteiger partial charge in [0.15, 0.2) is 5.84 Å². The van der Waals surface area contributed by atoms with Crippen LogP contribution in [0.4, 0.5) is 0 Å². The SMILES string of the molecule is COc1ccc(CN2NNN=C2c2cnn(-c3ccc(OC)cc3)c2I)cc1. The summed E-state index contributed by atoms with van der Waals surface area (Å²) in [6, 6.07) is 15.7. The van der Waals surface area contributed by atoms with E-state index in [9.17, 15) is 0 Å². The number of hydrazone groups is 1. The lowest BCUT2D eigenvalue weighted by Crippen LogP contribution is -2.40. The first-order valence-electron chi connectivity index (χ1n) is 8.56. The highest BCUT2D eigenvalue weighted by Gasteiger charge is 2.24. The topological polar surface area (TPSA) is 75.9 Å². The highest BCUT2D eigenvalue weighted by molar-refractivity contribution is 14.1. The Bertz CT molecular complexity index is 985. The van der Waals surface area contributed by atoms with E-state index < -0.39 is 0 Å². The molecule has 0 fully saturated rings. The van der Waals surface area contributed by atoms with Crippen LogP contribution in [0, 0.1) is 3.70 Å². The molecule has 1 aromatic heterocycles. The molecule has 0 bridgehead atoms. The van der Waals surface area contributed by atoms with Crippen molar-refractivity contribution in [2.75, 3.05) is 14.2 Å². The fraction of sp³-hybridized carbons (Fsp3) is 0.158. The van der Waals surface area contributed by atoms with Crippen LogP contribution < -0.4 is 20.5 Å². The van der Waals surface area contributed by atoms with E-state index in [2.05, 4.69) is 43.9 Å². The summed E-state index contributed by atoms with van der Waals surface area (Å²) in [4.78, 5) is 0. The molecule has 0 saturated carbocycles. The Morgan fingerprint density at radius 3 is 2.25 bits per heavy atom. The molecule has 0 unspecified atom stereocenters. The lowest BCUT2D eigenvalue weighted by Gasteiger charge is -2.18. The summed E-state index contributed by atoms with van der Waals surface area (Å²) in [6.45, 7) is 0.639. The molecule has 0 atom stereocenters. The van der Waals surface area contributed by atoms with Crippen molar-refractivity contribution < 1.29 is 9.47 Å². The van der Waals surface area contributed by atoms with Gasteiger partial charge in [0.05, 0.1) is 38.2 Å². The molecular weight excluding hydrogens is 471 g/mol. The first-order valence-corrected chi connectivity index (χ1v) is 9.64. The molecule has 2 aromatic carbocycles. The van der Waals surface area contributed by atoms with Crippen molar-refractivity contribution in [3.8, 4) is 17.2 Å². The Morgan fingerprint density at radius 2 is 1.61 bits per heavy atom. The van der Waals surface area contributed by atoms with Gasteiger partial charge in [-0.3, -0.25) is 5.01 Å². The van der Waals surface area contributed by atoms with Crippen molar-refractivity contribution in [1.82, 2.24) is 25.9 Å². The van der Waals surface area contributed by atoms with E-state index in [4.69, 9.17) is 9.47 Å². The van der Waals surface area contributed by atoms with Gasteiger partial charge in [0, 0.05) is 0 Å². The van der Waals surface area contributed by atoms with Crippen LogP contribution in [0.2, 0.25) is 0 Å². The number of nitrogens with one attached hydrogen (secondary N) is 2. The van der Waals surface area contributed by atoms with E-state index in [1.807, 2.05) is 64.4 Å². The zero-order chi connectivity index (χ0) is 19.5. The lowest BCUT2D eigenvalue weighted by atomic mass is 10.2. The molecule has 8 nitrogen and oxygen atoms in total. The Kier molecular flexibility index (Phi) is 5.35. The third kappa shape index (κ3) is 3.62. The maximum Gasteiger partial charge on any atom is 0.177 e. The number of nitrogens with zero attached hydrogens (tertiary/aromatic N) is 4. The van der Waals surface area contributed by atoms with Crippen molar-refractivity contribution in [1.29, 1.82) is 0 Å². The summed E-state index contributed by atoms with van der Waals surface area (Å²) in [5.74, 6) is 2.42. The van der Waals surface area contributed by atoms with Crippen LogP contribution in [0.25, 0.3) is 5.69 Å². The summed E-state index contributed by atoms with van der Waals surface area (Å²) in [6.07, 6.45) is 1.82. The third-order valence-electron chi connectivity index (χ3n) is 4.37.